The molecule has 0 amide bonds. The molecule has 0 saturated heterocycles. The summed E-state index contributed by atoms with van der Waals surface area (Å²) in [5.41, 5.74) is 1.30. The van der Waals surface area contributed by atoms with Gasteiger partial charge in [-0.1, -0.05) is 57.6 Å². The Balaban J connectivity index is 1.51. The van der Waals surface area contributed by atoms with Crippen molar-refractivity contribution < 1.29 is 14.7 Å². The fourth-order valence-corrected chi connectivity index (χ4v) is 9.65. The van der Waals surface area contributed by atoms with Gasteiger partial charge in [0.25, 0.3) is 0 Å². The number of ketones is 1. The first kappa shape index (κ1) is 23.1. The third-order valence-electron chi connectivity index (χ3n) is 11.7. The second-order valence-corrected chi connectivity index (χ2v) is 13.3. The quantitative estimate of drug-likeness (QED) is 0.459. The van der Waals surface area contributed by atoms with Crippen molar-refractivity contribution in [2.24, 2.45) is 50.7 Å². The number of carboxylic acids is 1. The van der Waals surface area contributed by atoms with E-state index in [0.717, 1.165) is 44.9 Å². The van der Waals surface area contributed by atoms with Crippen LogP contribution in [0, 0.1) is 50.7 Å². The number of hydrogen-bond acceptors (Lipinski definition) is 2. The van der Waals surface area contributed by atoms with E-state index in [0.29, 0.717) is 11.8 Å². The van der Waals surface area contributed by atoms with Crippen LogP contribution < -0.4 is 0 Å². The molecule has 8 atom stereocenters. The van der Waals surface area contributed by atoms with Crippen LogP contribution in [0.4, 0.5) is 0 Å². The number of carbonyl (C=O) groups is 2. The molecule has 0 aromatic heterocycles. The number of rotatable bonds is 5. The van der Waals surface area contributed by atoms with Gasteiger partial charge in [-0.25, -0.2) is 0 Å². The Kier molecular flexibility index (Phi) is 4.87. The molecule has 3 nitrogen and oxygen atoms in total. The van der Waals surface area contributed by atoms with Crippen molar-refractivity contribution in [2.75, 3.05) is 0 Å². The first-order chi connectivity index (χ1) is 15.4. The summed E-state index contributed by atoms with van der Waals surface area (Å²) >= 11 is 0. The van der Waals surface area contributed by atoms with E-state index in [4.69, 9.17) is 0 Å². The Hall–Kier alpha value is -1.64. The molecular formula is C30H42O3. The Morgan fingerprint density at radius 1 is 1.06 bits per heavy atom. The molecule has 5 rings (SSSR count). The van der Waals surface area contributed by atoms with Gasteiger partial charge in [0.15, 0.2) is 5.78 Å². The van der Waals surface area contributed by atoms with E-state index < -0.39 is 5.97 Å². The van der Waals surface area contributed by atoms with E-state index in [2.05, 4.69) is 65.8 Å². The topological polar surface area (TPSA) is 54.4 Å². The van der Waals surface area contributed by atoms with Gasteiger partial charge in [0.05, 0.1) is 5.92 Å². The molecule has 0 aromatic rings. The molecule has 3 saturated carbocycles. The lowest BCUT2D eigenvalue weighted by molar-refractivity contribution is -0.146. The van der Waals surface area contributed by atoms with Crippen molar-refractivity contribution in [3.05, 3.63) is 36.0 Å². The average Bonchev–Trinajstić information content (AvgIpc) is 3.32. The number of allylic oxidation sites excluding steroid dienone is 6. The highest BCUT2D eigenvalue weighted by Gasteiger charge is 2.80. The first-order valence-electron chi connectivity index (χ1n) is 13.2. The smallest absolute Gasteiger partial charge is 0.306 e. The number of aliphatic carboxylic acids is 1. The predicted octanol–water partition coefficient (Wildman–Crippen LogP) is 6.99. The van der Waals surface area contributed by atoms with Crippen molar-refractivity contribution in [2.45, 2.75) is 86.5 Å². The SMILES string of the molecule is CC(C)=CCCC(C(=O)O)C1CCC2(C)C3CCC4C(C)(C)C(=O)C=CC45CC35C=CC12C. The molecule has 0 aromatic carbocycles. The van der Waals surface area contributed by atoms with Crippen LogP contribution in [0.25, 0.3) is 0 Å². The van der Waals surface area contributed by atoms with Gasteiger partial charge in [-0.3, -0.25) is 9.59 Å². The minimum Gasteiger partial charge on any atom is -0.481 e. The average molecular weight is 451 g/mol. The predicted molar refractivity (Wildman–Crippen MR) is 131 cm³/mol. The molecule has 5 aliphatic rings. The van der Waals surface area contributed by atoms with E-state index in [1.807, 2.05) is 6.08 Å². The number of hydrogen-bond donors (Lipinski definition) is 1. The molecule has 180 valence electrons. The van der Waals surface area contributed by atoms with Crippen LogP contribution in [0.5, 0.6) is 0 Å². The highest BCUT2D eigenvalue weighted by atomic mass is 16.4. The van der Waals surface area contributed by atoms with E-state index in [1.165, 1.54) is 5.57 Å². The van der Waals surface area contributed by atoms with Crippen molar-refractivity contribution in [1.29, 1.82) is 0 Å². The minimum absolute atomic E-state index is 0.0860. The molecule has 3 fully saturated rings. The summed E-state index contributed by atoms with van der Waals surface area (Å²) in [7, 11) is 0. The van der Waals surface area contributed by atoms with Gasteiger partial charge in [-0.15, -0.1) is 0 Å². The van der Waals surface area contributed by atoms with Gasteiger partial charge < -0.3 is 5.11 Å². The zero-order valence-electron chi connectivity index (χ0n) is 21.4. The standard InChI is InChI=1S/C30H42O3/c1-19(2)8-7-9-20(25(32)33)21-12-14-28(6)23-11-10-22-26(3,4)24(31)13-15-29(22)18-30(23,29)17-16-27(21,28)5/h8,13,15-17,20-23H,7,9-12,14,18H2,1-6H3,(H,32,33). The van der Waals surface area contributed by atoms with Crippen LogP contribution >= 0.6 is 0 Å². The van der Waals surface area contributed by atoms with Crippen molar-refractivity contribution >= 4 is 11.8 Å². The summed E-state index contributed by atoms with van der Waals surface area (Å²) in [5, 5.41) is 10.2. The van der Waals surface area contributed by atoms with Crippen molar-refractivity contribution in [1.82, 2.24) is 0 Å². The van der Waals surface area contributed by atoms with Gasteiger partial charge in [0.2, 0.25) is 0 Å². The van der Waals surface area contributed by atoms with Gasteiger partial charge >= 0.3 is 5.97 Å². The number of carbonyl (C=O) groups excluding carboxylic acids is 1. The zero-order valence-corrected chi connectivity index (χ0v) is 21.4. The van der Waals surface area contributed by atoms with Crippen molar-refractivity contribution in [3.8, 4) is 0 Å². The van der Waals surface area contributed by atoms with E-state index in [1.54, 1.807) is 0 Å². The molecule has 3 heteroatoms. The lowest BCUT2D eigenvalue weighted by atomic mass is 9.45. The highest BCUT2D eigenvalue weighted by Crippen LogP contribution is 2.86. The monoisotopic (exact) mass is 450 g/mol. The summed E-state index contributed by atoms with van der Waals surface area (Å²) in [5.74, 6) is 0.555. The Bertz CT molecular complexity index is 981. The highest BCUT2D eigenvalue weighted by molar-refractivity contribution is 5.96. The lowest BCUT2D eigenvalue weighted by Gasteiger charge is -2.59. The molecule has 0 radical (unpaired) electrons. The van der Waals surface area contributed by atoms with Crippen LogP contribution in [0.2, 0.25) is 0 Å². The molecule has 0 bridgehead atoms. The number of fused-ring (bicyclic) bond motifs is 2. The fourth-order valence-electron chi connectivity index (χ4n) is 9.65. The van der Waals surface area contributed by atoms with Gasteiger partial charge in [-0.05, 0) is 93.5 Å². The van der Waals surface area contributed by atoms with E-state index in [-0.39, 0.29) is 44.7 Å². The van der Waals surface area contributed by atoms with Gasteiger partial charge in [0, 0.05) is 16.2 Å². The summed E-state index contributed by atoms with van der Waals surface area (Å²) in [6.45, 7) is 13.3. The Morgan fingerprint density at radius 3 is 2.39 bits per heavy atom. The molecule has 1 N–H and O–H groups in total. The van der Waals surface area contributed by atoms with E-state index >= 15 is 0 Å². The second-order valence-electron chi connectivity index (χ2n) is 13.3. The third kappa shape index (κ3) is 2.74. The van der Waals surface area contributed by atoms with Gasteiger partial charge in [-0.2, -0.15) is 0 Å². The first-order valence-corrected chi connectivity index (χ1v) is 13.2. The normalized spacial score (nSPS) is 47.1. The molecule has 8 unspecified atom stereocenters. The zero-order chi connectivity index (χ0) is 24.0. The second kappa shape index (κ2) is 6.95. The molecule has 5 aliphatic carbocycles. The summed E-state index contributed by atoms with van der Waals surface area (Å²) < 4.78 is 0. The maximum atomic E-state index is 12.7. The summed E-state index contributed by atoms with van der Waals surface area (Å²) in [6.07, 6.45) is 18.5. The third-order valence-corrected chi connectivity index (χ3v) is 11.7. The van der Waals surface area contributed by atoms with Gasteiger partial charge in [0.1, 0.15) is 0 Å². The molecule has 0 aliphatic heterocycles. The van der Waals surface area contributed by atoms with Crippen LogP contribution in [-0.4, -0.2) is 16.9 Å². The van der Waals surface area contributed by atoms with Crippen LogP contribution in [0.15, 0.2) is 36.0 Å². The maximum absolute atomic E-state index is 12.7. The summed E-state index contributed by atoms with van der Waals surface area (Å²) in [6, 6.07) is 0. The van der Waals surface area contributed by atoms with Crippen molar-refractivity contribution in [3.63, 3.8) is 0 Å². The molecule has 2 spiro atoms. The molecular weight excluding hydrogens is 408 g/mol. The van der Waals surface area contributed by atoms with E-state index in [9.17, 15) is 14.7 Å². The largest absolute Gasteiger partial charge is 0.481 e. The lowest BCUT2D eigenvalue weighted by Crippen LogP contribution is -2.54. The van der Waals surface area contributed by atoms with Crippen LogP contribution in [0.1, 0.15) is 86.5 Å². The van der Waals surface area contributed by atoms with Crippen LogP contribution in [-0.2, 0) is 9.59 Å². The molecule has 33 heavy (non-hydrogen) atoms. The minimum atomic E-state index is -0.622. The van der Waals surface area contributed by atoms with Crippen LogP contribution in [0.3, 0.4) is 0 Å². The maximum Gasteiger partial charge on any atom is 0.306 e. The Labute approximate surface area is 199 Å². The number of carboxylic acid groups (broad SMARTS) is 1. The molecule has 0 heterocycles. The Morgan fingerprint density at radius 2 is 1.73 bits per heavy atom. The summed E-state index contributed by atoms with van der Waals surface area (Å²) in [4.78, 5) is 25.2. The fraction of sp³-hybridized carbons (Fsp3) is 0.733.